The van der Waals surface area contributed by atoms with Crippen LogP contribution < -0.4 is 11.5 Å². The van der Waals surface area contributed by atoms with E-state index in [0.29, 0.717) is 0 Å². The number of esters is 1. The first-order valence-electron chi connectivity index (χ1n) is 4.60. The van der Waals surface area contributed by atoms with Crippen LogP contribution in [0.5, 0.6) is 0 Å². The number of hydrogen-bond donors (Lipinski definition) is 2. The summed E-state index contributed by atoms with van der Waals surface area (Å²) in [6, 6.07) is -0.992. The van der Waals surface area contributed by atoms with Gasteiger partial charge in [-0.2, -0.15) is 0 Å². The maximum absolute atomic E-state index is 11.1. The third-order valence-electron chi connectivity index (χ3n) is 1.61. The van der Waals surface area contributed by atoms with E-state index in [-0.39, 0.29) is 37.6 Å². The number of ketones is 2. The smallest absolute Gasteiger partial charge is 0.323 e. The summed E-state index contributed by atoms with van der Waals surface area (Å²) >= 11 is 0. The number of hydrogen-bond acceptors (Lipinski definition) is 6. The summed E-state index contributed by atoms with van der Waals surface area (Å²) in [4.78, 5) is 32.7. The van der Waals surface area contributed by atoms with Crippen LogP contribution in [-0.2, 0) is 19.1 Å². The van der Waals surface area contributed by atoms with Gasteiger partial charge in [-0.1, -0.05) is 0 Å². The SMILES string of the molecule is CC(=O)CC(N)C(=O)OCC(=O)CCN. The highest BCUT2D eigenvalue weighted by atomic mass is 16.5. The molecule has 0 aromatic rings. The minimum absolute atomic E-state index is 0.0795. The summed E-state index contributed by atoms with van der Waals surface area (Å²) in [5, 5.41) is 0. The largest absolute Gasteiger partial charge is 0.457 e. The normalized spacial score (nSPS) is 11.9. The van der Waals surface area contributed by atoms with Gasteiger partial charge in [-0.15, -0.1) is 0 Å². The zero-order valence-electron chi connectivity index (χ0n) is 8.69. The molecular weight excluding hydrogens is 200 g/mol. The first-order chi connectivity index (χ1) is 6.97. The van der Waals surface area contributed by atoms with Crippen molar-refractivity contribution in [2.75, 3.05) is 13.2 Å². The highest BCUT2D eigenvalue weighted by molar-refractivity contribution is 5.87. The number of carbonyl (C=O) groups excluding carboxylic acids is 3. The fourth-order valence-corrected chi connectivity index (χ4v) is 0.885. The number of Topliss-reactive ketones (excluding diaryl/α,β-unsaturated/α-hetero) is 2. The lowest BCUT2D eigenvalue weighted by molar-refractivity contribution is -0.150. The maximum Gasteiger partial charge on any atom is 0.323 e. The first kappa shape index (κ1) is 13.7. The molecule has 1 atom stereocenters. The number of nitrogens with two attached hydrogens (primary N) is 2. The Balaban J connectivity index is 3.82. The molecule has 6 nitrogen and oxygen atoms in total. The Kier molecular flexibility index (Phi) is 6.48. The van der Waals surface area contributed by atoms with Gasteiger partial charge in [-0.3, -0.25) is 14.4 Å². The van der Waals surface area contributed by atoms with E-state index in [9.17, 15) is 14.4 Å². The molecule has 0 amide bonds. The Hall–Kier alpha value is -1.27. The molecule has 4 N–H and O–H groups in total. The molecule has 0 rings (SSSR count). The molecule has 0 fully saturated rings. The van der Waals surface area contributed by atoms with E-state index in [1.165, 1.54) is 6.92 Å². The topological polar surface area (TPSA) is 112 Å². The van der Waals surface area contributed by atoms with E-state index < -0.39 is 12.0 Å². The standard InChI is InChI=1S/C9H16N2O4/c1-6(12)4-8(11)9(14)15-5-7(13)2-3-10/h8H,2-5,10-11H2,1H3. The summed E-state index contributed by atoms with van der Waals surface area (Å²) < 4.78 is 4.60. The van der Waals surface area contributed by atoms with Crippen LogP contribution in [-0.4, -0.2) is 36.7 Å². The van der Waals surface area contributed by atoms with E-state index in [1.54, 1.807) is 0 Å². The molecule has 86 valence electrons. The van der Waals surface area contributed by atoms with Crippen molar-refractivity contribution in [3.05, 3.63) is 0 Å². The van der Waals surface area contributed by atoms with Crippen molar-refractivity contribution in [1.29, 1.82) is 0 Å². The Labute approximate surface area is 87.9 Å². The minimum atomic E-state index is -0.992. The van der Waals surface area contributed by atoms with Crippen molar-refractivity contribution in [3.8, 4) is 0 Å². The highest BCUT2D eigenvalue weighted by Gasteiger charge is 2.17. The Morgan fingerprint density at radius 2 is 1.93 bits per heavy atom. The Morgan fingerprint density at radius 3 is 2.40 bits per heavy atom. The maximum atomic E-state index is 11.1. The van der Waals surface area contributed by atoms with Gasteiger partial charge in [0, 0.05) is 12.8 Å². The second-order valence-corrected chi connectivity index (χ2v) is 3.20. The van der Waals surface area contributed by atoms with Crippen molar-refractivity contribution < 1.29 is 19.1 Å². The predicted octanol–water partition coefficient (Wildman–Crippen LogP) is -1.25. The van der Waals surface area contributed by atoms with Crippen LogP contribution in [0.2, 0.25) is 0 Å². The molecule has 0 aliphatic carbocycles. The molecule has 0 spiro atoms. The summed E-state index contributed by atoms with van der Waals surface area (Å²) in [6.07, 6.45) is 0.0825. The fraction of sp³-hybridized carbons (Fsp3) is 0.667. The Bertz CT molecular complexity index is 252. The monoisotopic (exact) mass is 216 g/mol. The predicted molar refractivity (Wildman–Crippen MR) is 52.9 cm³/mol. The molecular formula is C9H16N2O4. The molecule has 1 unspecified atom stereocenters. The molecule has 6 heteroatoms. The van der Waals surface area contributed by atoms with Gasteiger partial charge in [-0.05, 0) is 13.5 Å². The van der Waals surface area contributed by atoms with Gasteiger partial charge in [0.2, 0.25) is 0 Å². The molecule has 0 aromatic carbocycles. The molecule has 0 radical (unpaired) electrons. The van der Waals surface area contributed by atoms with Crippen molar-refractivity contribution in [2.24, 2.45) is 11.5 Å². The van der Waals surface area contributed by atoms with E-state index in [2.05, 4.69) is 4.74 Å². The van der Waals surface area contributed by atoms with E-state index in [4.69, 9.17) is 11.5 Å². The zero-order valence-corrected chi connectivity index (χ0v) is 8.69. The van der Waals surface area contributed by atoms with Crippen LogP contribution in [0.15, 0.2) is 0 Å². The van der Waals surface area contributed by atoms with E-state index >= 15 is 0 Å². The van der Waals surface area contributed by atoms with Gasteiger partial charge < -0.3 is 16.2 Å². The van der Waals surface area contributed by atoms with Crippen LogP contribution in [0.1, 0.15) is 19.8 Å². The van der Waals surface area contributed by atoms with E-state index in [1.807, 2.05) is 0 Å². The van der Waals surface area contributed by atoms with Crippen molar-refractivity contribution >= 4 is 17.5 Å². The quantitative estimate of drug-likeness (QED) is 0.514. The van der Waals surface area contributed by atoms with Gasteiger partial charge >= 0.3 is 5.97 Å². The molecule has 15 heavy (non-hydrogen) atoms. The lowest BCUT2D eigenvalue weighted by Crippen LogP contribution is -2.35. The van der Waals surface area contributed by atoms with Crippen LogP contribution in [0, 0.1) is 0 Å². The summed E-state index contributed by atoms with van der Waals surface area (Å²) in [7, 11) is 0. The molecule has 0 aliphatic rings. The van der Waals surface area contributed by atoms with Crippen molar-refractivity contribution in [3.63, 3.8) is 0 Å². The average Bonchev–Trinajstić information content (AvgIpc) is 2.13. The van der Waals surface area contributed by atoms with Gasteiger partial charge in [0.1, 0.15) is 18.4 Å². The van der Waals surface area contributed by atoms with Crippen LogP contribution in [0.25, 0.3) is 0 Å². The van der Waals surface area contributed by atoms with Crippen molar-refractivity contribution in [2.45, 2.75) is 25.8 Å². The third-order valence-corrected chi connectivity index (χ3v) is 1.61. The van der Waals surface area contributed by atoms with Gasteiger partial charge in [0.25, 0.3) is 0 Å². The fourth-order valence-electron chi connectivity index (χ4n) is 0.885. The second-order valence-electron chi connectivity index (χ2n) is 3.20. The molecule has 0 aliphatic heterocycles. The van der Waals surface area contributed by atoms with Crippen LogP contribution in [0.3, 0.4) is 0 Å². The first-order valence-corrected chi connectivity index (χ1v) is 4.60. The number of ether oxygens (including phenoxy) is 1. The molecule has 0 aromatic heterocycles. The number of rotatable bonds is 7. The minimum Gasteiger partial charge on any atom is -0.457 e. The van der Waals surface area contributed by atoms with Crippen LogP contribution in [0.4, 0.5) is 0 Å². The van der Waals surface area contributed by atoms with E-state index in [0.717, 1.165) is 0 Å². The molecule has 0 bridgehead atoms. The third kappa shape index (κ3) is 6.75. The average molecular weight is 216 g/mol. The van der Waals surface area contributed by atoms with Gasteiger partial charge in [0.15, 0.2) is 5.78 Å². The Morgan fingerprint density at radius 1 is 1.33 bits per heavy atom. The van der Waals surface area contributed by atoms with Crippen molar-refractivity contribution in [1.82, 2.24) is 0 Å². The number of carbonyl (C=O) groups is 3. The summed E-state index contributed by atoms with van der Waals surface area (Å²) in [6.45, 7) is 1.21. The summed E-state index contributed by atoms with van der Waals surface area (Å²) in [5.41, 5.74) is 10.5. The zero-order chi connectivity index (χ0) is 11.8. The van der Waals surface area contributed by atoms with Gasteiger partial charge in [-0.25, -0.2) is 0 Å². The molecule has 0 saturated carbocycles. The van der Waals surface area contributed by atoms with Gasteiger partial charge in [0.05, 0.1) is 0 Å². The second kappa shape index (κ2) is 7.08. The molecule has 0 heterocycles. The highest BCUT2D eigenvalue weighted by Crippen LogP contribution is 1.94. The molecule has 0 saturated heterocycles. The lowest BCUT2D eigenvalue weighted by Gasteiger charge is -2.08. The summed E-state index contributed by atoms with van der Waals surface area (Å²) in [5.74, 6) is -1.20. The lowest BCUT2D eigenvalue weighted by atomic mass is 10.2. The van der Waals surface area contributed by atoms with Crippen LogP contribution >= 0.6 is 0 Å².